The number of carbonyl (C=O) groups excluding carboxylic acids is 1. The van der Waals surface area contributed by atoms with Gasteiger partial charge in [-0.05, 0) is 76.0 Å². The minimum atomic E-state index is -3.79. The van der Waals surface area contributed by atoms with E-state index < -0.39 is 10.0 Å². The first-order valence-electron chi connectivity index (χ1n) is 11.5. The molecule has 1 aliphatic carbocycles. The van der Waals surface area contributed by atoms with E-state index in [4.69, 9.17) is 0 Å². The number of nitrogens with zero attached hydrogens (tertiary/aromatic N) is 1. The summed E-state index contributed by atoms with van der Waals surface area (Å²) in [6, 6.07) is 12.5. The predicted molar refractivity (Wildman–Crippen MR) is 130 cm³/mol. The molecule has 1 saturated carbocycles. The number of rotatable bonds is 9. The van der Waals surface area contributed by atoms with Crippen molar-refractivity contribution < 1.29 is 13.2 Å². The van der Waals surface area contributed by atoms with Crippen molar-refractivity contribution in [3.05, 3.63) is 59.2 Å². The molecule has 0 unspecified atom stereocenters. The number of aryl methyl sites for hydroxylation is 2. The lowest BCUT2D eigenvalue weighted by Gasteiger charge is -2.31. The fraction of sp³-hybridized carbons (Fsp3) is 0.480. The Bertz CT molecular complexity index is 1030. The van der Waals surface area contributed by atoms with Crippen molar-refractivity contribution in [1.82, 2.24) is 10.2 Å². The Kier molecular flexibility index (Phi) is 8.32. The maximum atomic E-state index is 12.9. The van der Waals surface area contributed by atoms with Crippen LogP contribution in [0.3, 0.4) is 0 Å². The molecule has 1 fully saturated rings. The summed E-state index contributed by atoms with van der Waals surface area (Å²) < 4.78 is 28.4. The molecule has 6 nitrogen and oxygen atoms in total. The van der Waals surface area contributed by atoms with Gasteiger partial charge in [0.25, 0.3) is 15.9 Å². The molecule has 3 rings (SSSR count). The molecule has 32 heavy (non-hydrogen) atoms. The van der Waals surface area contributed by atoms with E-state index in [1.54, 1.807) is 18.2 Å². The molecule has 0 radical (unpaired) electrons. The summed E-state index contributed by atoms with van der Waals surface area (Å²) in [5.74, 6) is -0.240. The highest BCUT2D eigenvalue weighted by molar-refractivity contribution is 7.92. The lowest BCUT2D eigenvalue weighted by Crippen LogP contribution is -2.36. The van der Waals surface area contributed by atoms with E-state index in [1.165, 1.54) is 44.2 Å². The topological polar surface area (TPSA) is 78.5 Å². The summed E-state index contributed by atoms with van der Waals surface area (Å²) in [5.41, 5.74) is 2.50. The molecular formula is C25H35N3O3S. The summed E-state index contributed by atoms with van der Waals surface area (Å²) in [5, 5.41) is 2.95. The molecule has 1 aliphatic rings. The molecule has 174 valence electrons. The number of carbonyl (C=O) groups is 1. The number of hydrogen-bond acceptors (Lipinski definition) is 4. The van der Waals surface area contributed by atoms with Gasteiger partial charge in [-0.25, -0.2) is 8.42 Å². The summed E-state index contributed by atoms with van der Waals surface area (Å²) in [7, 11) is -1.63. The molecule has 2 N–H and O–H groups in total. The fourth-order valence-corrected chi connectivity index (χ4v) is 5.39. The van der Waals surface area contributed by atoms with Crippen LogP contribution in [0.5, 0.6) is 0 Å². The number of sulfonamides is 1. The fourth-order valence-electron chi connectivity index (χ4n) is 4.23. The first-order valence-corrected chi connectivity index (χ1v) is 12.9. The third-order valence-electron chi connectivity index (χ3n) is 6.32. The summed E-state index contributed by atoms with van der Waals surface area (Å²) in [6.45, 7) is 5.17. The van der Waals surface area contributed by atoms with E-state index in [0.717, 1.165) is 24.1 Å². The van der Waals surface area contributed by atoms with Crippen LogP contribution < -0.4 is 10.0 Å². The SMILES string of the molecule is Cc1ccccc1NS(=O)(=O)c1ccc(C)c(C(=O)NCCCN(C)C2CCCCC2)c1. The van der Waals surface area contributed by atoms with Gasteiger partial charge in [0.2, 0.25) is 0 Å². The second-order valence-corrected chi connectivity index (χ2v) is 10.5. The van der Waals surface area contributed by atoms with Gasteiger partial charge in [-0.2, -0.15) is 0 Å². The van der Waals surface area contributed by atoms with Gasteiger partial charge in [0.1, 0.15) is 0 Å². The standard InChI is InChI=1S/C25H35N3O3S/c1-19-14-15-22(32(30,31)27-24-13-8-7-10-20(24)2)18-23(19)25(29)26-16-9-17-28(3)21-11-5-4-6-12-21/h7-8,10,13-15,18,21,27H,4-6,9,11-12,16-17H2,1-3H3,(H,26,29). The van der Waals surface area contributed by atoms with Crippen molar-refractivity contribution in [3.8, 4) is 0 Å². The van der Waals surface area contributed by atoms with E-state index in [9.17, 15) is 13.2 Å². The first-order chi connectivity index (χ1) is 15.3. The molecule has 0 bridgehead atoms. The Morgan fingerprint density at radius 3 is 2.47 bits per heavy atom. The summed E-state index contributed by atoms with van der Waals surface area (Å²) in [4.78, 5) is 15.2. The van der Waals surface area contributed by atoms with Crippen LogP contribution in [-0.2, 0) is 10.0 Å². The van der Waals surface area contributed by atoms with Gasteiger partial charge < -0.3 is 10.2 Å². The number of benzene rings is 2. The average Bonchev–Trinajstić information content (AvgIpc) is 2.78. The largest absolute Gasteiger partial charge is 0.352 e. The van der Waals surface area contributed by atoms with Crippen molar-refractivity contribution in [2.24, 2.45) is 0 Å². The van der Waals surface area contributed by atoms with E-state index >= 15 is 0 Å². The molecule has 0 spiro atoms. The highest BCUT2D eigenvalue weighted by Crippen LogP contribution is 2.22. The van der Waals surface area contributed by atoms with E-state index in [2.05, 4.69) is 22.0 Å². The maximum Gasteiger partial charge on any atom is 0.261 e. The van der Waals surface area contributed by atoms with Gasteiger partial charge in [-0.1, -0.05) is 43.5 Å². The van der Waals surface area contributed by atoms with Crippen LogP contribution in [-0.4, -0.2) is 45.4 Å². The number of hydrogen-bond donors (Lipinski definition) is 2. The highest BCUT2D eigenvalue weighted by Gasteiger charge is 2.20. The van der Waals surface area contributed by atoms with Crippen LogP contribution >= 0.6 is 0 Å². The number of nitrogens with one attached hydrogen (secondary N) is 2. The van der Waals surface area contributed by atoms with Gasteiger partial charge in [0.05, 0.1) is 10.6 Å². The number of anilines is 1. The molecule has 0 heterocycles. The van der Waals surface area contributed by atoms with Crippen LogP contribution in [0.4, 0.5) is 5.69 Å². The summed E-state index contributed by atoms with van der Waals surface area (Å²) >= 11 is 0. The van der Waals surface area contributed by atoms with Crippen molar-refractivity contribution in [2.75, 3.05) is 24.9 Å². The third-order valence-corrected chi connectivity index (χ3v) is 7.69. The molecule has 0 aliphatic heterocycles. The van der Waals surface area contributed by atoms with Crippen LogP contribution in [0.25, 0.3) is 0 Å². The van der Waals surface area contributed by atoms with Crippen molar-refractivity contribution in [1.29, 1.82) is 0 Å². The van der Waals surface area contributed by atoms with Gasteiger partial charge >= 0.3 is 0 Å². The van der Waals surface area contributed by atoms with E-state index in [0.29, 0.717) is 23.8 Å². The first kappa shape index (κ1) is 24.3. The monoisotopic (exact) mass is 457 g/mol. The second kappa shape index (κ2) is 11.0. The zero-order chi connectivity index (χ0) is 23.1. The normalized spacial score (nSPS) is 15.0. The zero-order valence-corrected chi connectivity index (χ0v) is 20.2. The zero-order valence-electron chi connectivity index (χ0n) is 19.4. The van der Waals surface area contributed by atoms with Crippen LogP contribution in [0, 0.1) is 13.8 Å². The number of para-hydroxylation sites is 1. The molecule has 0 saturated heterocycles. The minimum Gasteiger partial charge on any atom is -0.352 e. The lowest BCUT2D eigenvalue weighted by atomic mass is 9.94. The highest BCUT2D eigenvalue weighted by atomic mass is 32.2. The van der Waals surface area contributed by atoms with E-state index in [1.807, 2.05) is 26.0 Å². The molecule has 2 aromatic carbocycles. The van der Waals surface area contributed by atoms with Crippen molar-refractivity contribution >= 4 is 21.6 Å². The number of amides is 1. The smallest absolute Gasteiger partial charge is 0.261 e. The Labute approximate surface area is 192 Å². The molecular weight excluding hydrogens is 422 g/mol. The quantitative estimate of drug-likeness (QED) is 0.544. The molecule has 0 atom stereocenters. The molecule has 7 heteroatoms. The predicted octanol–water partition coefficient (Wildman–Crippen LogP) is 4.49. The van der Waals surface area contributed by atoms with Gasteiger partial charge in [0.15, 0.2) is 0 Å². The Balaban J connectivity index is 1.59. The Morgan fingerprint density at radius 1 is 1.03 bits per heavy atom. The van der Waals surface area contributed by atoms with Crippen molar-refractivity contribution in [3.63, 3.8) is 0 Å². The average molecular weight is 458 g/mol. The molecule has 0 aromatic heterocycles. The maximum absolute atomic E-state index is 12.9. The van der Waals surface area contributed by atoms with Crippen LogP contribution in [0.2, 0.25) is 0 Å². The summed E-state index contributed by atoms with van der Waals surface area (Å²) in [6.07, 6.45) is 7.35. The minimum absolute atomic E-state index is 0.0773. The second-order valence-electron chi connectivity index (χ2n) is 8.78. The van der Waals surface area contributed by atoms with Gasteiger partial charge in [-0.15, -0.1) is 0 Å². The molecule has 1 amide bonds. The van der Waals surface area contributed by atoms with Crippen LogP contribution in [0.1, 0.15) is 60.0 Å². The van der Waals surface area contributed by atoms with Gasteiger partial charge in [0, 0.05) is 18.2 Å². The van der Waals surface area contributed by atoms with Crippen LogP contribution in [0.15, 0.2) is 47.4 Å². The Hall–Kier alpha value is -2.38. The van der Waals surface area contributed by atoms with Crippen molar-refractivity contribution in [2.45, 2.75) is 63.3 Å². The third kappa shape index (κ3) is 6.33. The molecule has 2 aromatic rings. The lowest BCUT2D eigenvalue weighted by molar-refractivity contribution is 0.0949. The Morgan fingerprint density at radius 2 is 1.75 bits per heavy atom. The van der Waals surface area contributed by atoms with E-state index in [-0.39, 0.29) is 10.8 Å². The van der Waals surface area contributed by atoms with Gasteiger partial charge in [-0.3, -0.25) is 9.52 Å².